The molecule has 0 amide bonds. The van der Waals surface area contributed by atoms with E-state index in [0.717, 1.165) is 25.7 Å². The van der Waals surface area contributed by atoms with Crippen LogP contribution in [0.15, 0.2) is 0 Å². The van der Waals surface area contributed by atoms with Gasteiger partial charge < -0.3 is 14.2 Å². The number of hydrogen-bond donors (Lipinski definition) is 0. The molecule has 0 rings (SSSR count). The highest BCUT2D eigenvalue weighted by Gasteiger charge is 2.04. The van der Waals surface area contributed by atoms with Crippen LogP contribution in [0.3, 0.4) is 0 Å². The summed E-state index contributed by atoms with van der Waals surface area (Å²) in [5.74, 6) is -0.308. The molecule has 160 valence electrons. The van der Waals surface area contributed by atoms with E-state index in [0.29, 0.717) is 26.1 Å². The zero-order chi connectivity index (χ0) is 20.0. The van der Waals surface area contributed by atoms with E-state index >= 15 is 0 Å². The van der Waals surface area contributed by atoms with Gasteiger partial charge in [-0.2, -0.15) is 0 Å². The van der Waals surface area contributed by atoms with E-state index in [9.17, 15) is 9.59 Å². The first-order valence-electron chi connectivity index (χ1n) is 11.1. The van der Waals surface area contributed by atoms with Gasteiger partial charge >= 0.3 is 11.9 Å². The summed E-state index contributed by atoms with van der Waals surface area (Å²) in [6, 6.07) is 0. The topological polar surface area (TPSA) is 61.8 Å². The molecule has 0 N–H and O–H groups in total. The average molecular weight is 387 g/mol. The number of rotatable bonds is 20. The second kappa shape index (κ2) is 21.2. The van der Waals surface area contributed by atoms with Crippen molar-refractivity contribution >= 4 is 11.9 Å². The Morgan fingerprint density at radius 3 is 1.30 bits per heavy atom. The van der Waals surface area contributed by atoms with Crippen LogP contribution in [0.4, 0.5) is 0 Å². The minimum Gasteiger partial charge on any atom is -0.463 e. The molecule has 0 saturated heterocycles. The summed E-state index contributed by atoms with van der Waals surface area (Å²) >= 11 is 0. The molecular weight excluding hydrogens is 344 g/mol. The van der Waals surface area contributed by atoms with Gasteiger partial charge in [-0.25, -0.2) is 0 Å². The molecule has 0 bridgehead atoms. The van der Waals surface area contributed by atoms with Crippen molar-refractivity contribution in [1.29, 1.82) is 0 Å². The maximum absolute atomic E-state index is 11.6. The van der Waals surface area contributed by atoms with Crippen molar-refractivity contribution in [3.63, 3.8) is 0 Å². The van der Waals surface area contributed by atoms with Gasteiger partial charge in [-0.3, -0.25) is 9.59 Å². The molecule has 0 aromatic heterocycles. The molecule has 0 aliphatic carbocycles. The van der Waals surface area contributed by atoms with E-state index in [4.69, 9.17) is 14.2 Å². The van der Waals surface area contributed by atoms with Crippen molar-refractivity contribution in [3.05, 3.63) is 0 Å². The molecule has 5 heteroatoms. The standard InChI is InChI=1S/C22H42O5/c1-3-5-7-9-10-12-14-16-22(24)27-20-18-25-17-19-26-21(23)15-13-11-8-6-4-2/h3-20H2,1-2H3. The molecule has 0 aliphatic heterocycles. The third-order valence-corrected chi connectivity index (χ3v) is 4.45. The predicted octanol–water partition coefficient (Wildman–Crippen LogP) is 5.59. The smallest absolute Gasteiger partial charge is 0.305 e. The second-order valence-corrected chi connectivity index (χ2v) is 7.09. The van der Waals surface area contributed by atoms with Crippen LogP contribution in [0.2, 0.25) is 0 Å². The Morgan fingerprint density at radius 1 is 0.519 bits per heavy atom. The predicted molar refractivity (Wildman–Crippen MR) is 109 cm³/mol. The van der Waals surface area contributed by atoms with Gasteiger partial charge in [0.2, 0.25) is 0 Å². The number of ether oxygens (including phenoxy) is 3. The largest absolute Gasteiger partial charge is 0.463 e. The van der Waals surface area contributed by atoms with Gasteiger partial charge in [-0.05, 0) is 12.8 Å². The lowest BCUT2D eigenvalue weighted by Gasteiger charge is -2.07. The fraction of sp³-hybridized carbons (Fsp3) is 0.909. The number of hydrogen-bond acceptors (Lipinski definition) is 5. The van der Waals surface area contributed by atoms with Crippen molar-refractivity contribution in [2.75, 3.05) is 26.4 Å². The lowest BCUT2D eigenvalue weighted by atomic mass is 10.1. The summed E-state index contributed by atoms with van der Waals surface area (Å²) in [4.78, 5) is 23.1. The van der Waals surface area contributed by atoms with E-state index in [2.05, 4.69) is 13.8 Å². The van der Waals surface area contributed by atoms with E-state index in [-0.39, 0.29) is 25.2 Å². The Balaban J connectivity index is 3.26. The van der Waals surface area contributed by atoms with Gasteiger partial charge in [-0.15, -0.1) is 0 Å². The summed E-state index contributed by atoms with van der Waals surface area (Å²) in [6.07, 6.45) is 14.9. The normalized spacial score (nSPS) is 10.7. The molecule has 0 radical (unpaired) electrons. The number of carbonyl (C=O) groups excluding carboxylic acids is 2. The SMILES string of the molecule is CCCCCCCCCC(=O)OCCOCCOC(=O)CCCCCCC. The van der Waals surface area contributed by atoms with Gasteiger partial charge in [0.1, 0.15) is 13.2 Å². The Kier molecular flexibility index (Phi) is 20.3. The van der Waals surface area contributed by atoms with Crippen molar-refractivity contribution in [3.8, 4) is 0 Å². The number of esters is 2. The van der Waals surface area contributed by atoms with Gasteiger partial charge in [0.05, 0.1) is 13.2 Å². The zero-order valence-corrected chi connectivity index (χ0v) is 17.8. The first-order chi connectivity index (χ1) is 13.2. The van der Waals surface area contributed by atoms with Crippen molar-refractivity contribution in [2.24, 2.45) is 0 Å². The lowest BCUT2D eigenvalue weighted by molar-refractivity contribution is -0.146. The van der Waals surface area contributed by atoms with Crippen LogP contribution in [0.5, 0.6) is 0 Å². The Labute approximate surface area is 166 Å². The van der Waals surface area contributed by atoms with E-state index in [1.54, 1.807) is 0 Å². The van der Waals surface area contributed by atoms with Crippen molar-refractivity contribution in [2.45, 2.75) is 104 Å². The van der Waals surface area contributed by atoms with Crippen LogP contribution < -0.4 is 0 Å². The van der Waals surface area contributed by atoms with E-state index < -0.39 is 0 Å². The van der Waals surface area contributed by atoms with Crippen LogP contribution in [0, 0.1) is 0 Å². The Hall–Kier alpha value is -1.10. The molecule has 0 saturated carbocycles. The van der Waals surface area contributed by atoms with Crippen molar-refractivity contribution < 1.29 is 23.8 Å². The summed E-state index contributed by atoms with van der Waals surface area (Å²) in [6.45, 7) is 5.60. The van der Waals surface area contributed by atoms with Crippen molar-refractivity contribution in [1.82, 2.24) is 0 Å². The second-order valence-electron chi connectivity index (χ2n) is 7.09. The average Bonchev–Trinajstić information content (AvgIpc) is 2.66. The highest BCUT2D eigenvalue weighted by atomic mass is 16.6. The summed E-state index contributed by atoms with van der Waals surface area (Å²) in [7, 11) is 0. The summed E-state index contributed by atoms with van der Waals surface area (Å²) < 4.78 is 15.6. The highest BCUT2D eigenvalue weighted by molar-refractivity contribution is 5.69. The number of unbranched alkanes of at least 4 members (excludes halogenated alkanes) is 10. The molecular formula is C22H42O5. The molecule has 0 aromatic carbocycles. The molecule has 0 atom stereocenters. The molecule has 0 spiro atoms. The van der Waals surface area contributed by atoms with E-state index in [1.165, 1.54) is 51.4 Å². The zero-order valence-electron chi connectivity index (χ0n) is 17.8. The minimum absolute atomic E-state index is 0.151. The minimum atomic E-state index is -0.156. The van der Waals surface area contributed by atoms with Gasteiger partial charge in [0.15, 0.2) is 0 Å². The fourth-order valence-corrected chi connectivity index (χ4v) is 2.77. The van der Waals surface area contributed by atoms with Crippen LogP contribution >= 0.6 is 0 Å². The fourth-order valence-electron chi connectivity index (χ4n) is 2.77. The summed E-state index contributed by atoms with van der Waals surface area (Å²) in [5.41, 5.74) is 0. The van der Waals surface area contributed by atoms with Crippen LogP contribution in [-0.4, -0.2) is 38.4 Å². The lowest BCUT2D eigenvalue weighted by Crippen LogP contribution is -2.14. The van der Waals surface area contributed by atoms with Crippen LogP contribution in [-0.2, 0) is 23.8 Å². The first-order valence-corrected chi connectivity index (χ1v) is 11.1. The third-order valence-electron chi connectivity index (χ3n) is 4.45. The molecule has 0 heterocycles. The quantitative estimate of drug-likeness (QED) is 0.202. The third kappa shape index (κ3) is 21.1. The van der Waals surface area contributed by atoms with Gasteiger partial charge in [-0.1, -0.05) is 78.1 Å². The first kappa shape index (κ1) is 25.9. The number of carbonyl (C=O) groups is 2. The van der Waals surface area contributed by atoms with Gasteiger partial charge in [0.25, 0.3) is 0 Å². The molecule has 0 fully saturated rings. The summed E-state index contributed by atoms with van der Waals surface area (Å²) in [5, 5.41) is 0. The van der Waals surface area contributed by atoms with Gasteiger partial charge in [0, 0.05) is 12.8 Å². The Morgan fingerprint density at radius 2 is 0.889 bits per heavy atom. The molecule has 0 aromatic rings. The van der Waals surface area contributed by atoms with Crippen LogP contribution in [0.25, 0.3) is 0 Å². The maximum Gasteiger partial charge on any atom is 0.305 e. The molecule has 0 unspecified atom stereocenters. The molecule has 27 heavy (non-hydrogen) atoms. The monoisotopic (exact) mass is 386 g/mol. The maximum atomic E-state index is 11.6. The van der Waals surface area contributed by atoms with Crippen LogP contribution in [0.1, 0.15) is 104 Å². The van der Waals surface area contributed by atoms with E-state index in [1.807, 2.05) is 0 Å². The Bertz CT molecular complexity index is 344. The molecule has 5 nitrogen and oxygen atoms in total. The highest BCUT2D eigenvalue weighted by Crippen LogP contribution is 2.09. The molecule has 0 aliphatic rings.